The molecule has 0 aliphatic heterocycles. The van der Waals surface area contributed by atoms with Gasteiger partial charge < -0.3 is 4.90 Å². The zero-order valence-corrected chi connectivity index (χ0v) is 33.2. The van der Waals surface area contributed by atoms with Crippen molar-refractivity contribution in [2.45, 2.75) is 87.9 Å². The topological polar surface area (TPSA) is 3.24 Å². The fourth-order valence-electron chi connectivity index (χ4n) is 15.4. The fraction of sp³-hybridized carbons (Fsp3) is 0.357. The first-order valence-electron chi connectivity index (χ1n) is 22.5. The van der Waals surface area contributed by atoms with E-state index in [0.29, 0.717) is 10.8 Å². The molecule has 8 bridgehead atoms. The Morgan fingerprint density at radius 2 is 0.632 bits per heavy atom. The first-order chi connectivity index (χ1) is 28.1. The Kier molecular flexibility index (Phi) is 7.16. The summed E-state index contributed by atoms with van der Waals surface area (Å²) >= 11 is 0. The second-order valence-electron chi connectivity index (χ2n) is 20.2. The van der Waals surface area contributed by atoms with Crippen molar-refractivity contribution >= 4 is 17.1 Å². The number of rotatable bonds is 5. The summed E-state index contributed by atoms with van der Waals surface area (Å²) in [4.78, 5) is 2.61. The second kappa shape index (κ2) is 12.3. The van der Waals surface area contributed by atoms with Crippen LogP contribution in [0.3, 0.4) is 0 Å². The first-order valence-corrected chi connectivity index (χ1v) is 22.5. The van der Waals surface area contributed by atoms with E-state index >= 15 is 0 Å². The van der Waals surface area contributed by atoms with Crippen LogP contribution < -0.4 is 4.90 Å². The van der Waals surface area contributed by atoms with Gasteiger partial charge in [-0.1, -0.05) is 109 Å². The lowest BCUT2D eigenvalue weighted by molar-refractivity contribution is -0.00529. The van der Waals surface area contributed by atoms with Gasteiger partial charge in [-0.05, 0) is 204 Å². The van der Waals surface area contributed by atoms with Gasteiger partial charge in [0.05, 0.1) is 5.69 Å². The summed E-state index contributed by atoms with van der Waals surface area (Å²) in [6.07, 6.45) is 17.3. The summed E-state index contributed by atoms with van der Waals surface area (Å²) in [5.41, 5.74) is 18.1. The molecular formula is C56H53N. The van der Waals surface area contributed by atoms with E-state index < -0.39 is 0 Å². The van der Waals surface area contributed by atoms with E-state index in [1.807, 2.05) is 0 Å². The van der Waals surface area contributed by atoms with Crippen LogP contribution in [0.5, 0.6) is 0 Å². The summed E-state index contributed by atoms with van der Waals surface area (Å²) in [6, 6.07) is 54.5. The maximum Gasteiger partial charge on any atom is 0.0546 e. The van der Waals surface area contributed by atoms with Gasteiger partial charge in [-0.2, -0.15) is 0 Å². The Labute approximate surface area is 339 Å². The van der Waals surface area contributed by atoms with Gasteiger partial charge in [-0.15, -0.1) is 0 Å². The van der Waals surface area contributed by atoms with E-state index in [0.717, 1.165) is 35.5 Å². The smallest absolute Gasteiger partial charge is 0.0546 e. The van der Waals surface area contributed by atoms with Crippen molar-refractivity contribution < 1.29 is 0 Å². The lowest BCUT2D eigenvalue weighted by atomic mass is 9.48. The van der Waals surface area contributed by atoms with E-state index in [-0.39, 0.29) is 0 Å². The third-order valence-electron chi connectivity index (χ3n) is 16.8. The van der Waals surface area contributed by atoms with Crippen molar-refractivity contribution in [1.29, 1.82) is 0 Å². The molecule has 9 aliphatic carbocycles. The van der Waals surface area contributed by atoms with Gasteiger partial charge in [-0.3, -0.25) is 0 Å². The Morgan fingerprint density at radius 3 is 1.02 bits per heavy atom. The van der Waals surface area contributed by atoms with Crippen molar-refractivity contribution in [3.8, 4) is 44.5 Å². The van der Waals surface area contributed by atoms with Crippen LogP contribution in [0.1, 0.15) is 88.2 Å². The molecule has 282 valence electrons. The number of hydrogen-bond acceptors (Lipinski definition) is 1. The van der Waals surface area contributed by atoms with E-state index in [1.54, 1.807) is 11.1 Å². The summed E-state index contributed by atoms with van der Waals surface area (Å²) < 4.78 is 0. The van der Waals surface area contributed by atoms with Crippen molar-refractivity contribution in [2.75, 3.05) is 4.90 Å². The summed E-state index contributed by atoms with van der Waals surface area (Å²) in [5, 5.41) is 0. The molecule has 0 radical (unpaired) electrons. The fourth-order valence-corrected chi connectivity index (χ4v) is 15.4. The van der Waals surface area contributed by atoms with Gasteiger partial charge in [0.1, 0.15) is 0 Å². The van der Waals surface area contributed by atoms with Crippen molar-refractivity contribution in [2.24, 2.45) is 35.5 Å². The van der Waals surface area contributed by atoms with Crippen molar-refractivity contribution in [1.82, 2.24) is 0 Å². The minimum Gasteiger partial charge on any atom is -0.310 e. The molecule has 0 heterocycles. The molecule has 6 aromatic rings. The van der Waals surface area contributed by atoms with Gasteiger partial charge in [0, 0.05) is 16.9 Å². The second-order valence-corrected chi connectivity index (χ2v) is 20.2. The highest BCUT2D eigenvalue weighted by Gasteiger charge is 2.53. The van der Waals surface area contributed by atoms with Crippen LogP contribution in [0.4, 0.5) is 17.1 Å². The molecule has 9 aliphatic rings. The molecule has 1 heteroatoms. The van der Waals surface area contributed by atoms with E-state index in [1.165, 1.54) is 139 Å². The van der Waals surface area contributed by atoms with Crippen LogP contribution in [-0.2, 0) is 10.8 Å². The average Bonchev–Trinajstić information content (AvgIpc) is 3.23. The Morgan fingerprint density at radius 1 is 0.316 bits per heavy atom. The molecule has 8 fully saturated rings. The molecule has 6 aromatic carbocycles. The van der Waals surface area contributed by atoms with E-state index in [4.69, 9.17) is 0 Å². The van der Waals surface area contributed by atoms with Crippen LogP contribution >= 0.6 is 0 Å². The Bertz CT molecular complexity index is 2370. The molecule has 0 atom stereocenters. The number of fused-ring (bicyclic) bond motifs is 8. The minimum absolute atomic E-state index is 0.385. The highest BCUT2D eigenvalue weighted by atomic mass is 15.1. The van der Waals surface area contributed by atoms with Crippen LogP contribution in [0, 0.1) is 35.5 Å². The third kappa shape index (κ3) is 5.06. The average molecular weight is 740 g/mol. The number of hydrogen-bond donors (Lipinski definition) is 0. The monoisotopic (exact) mass is 739 g/mol. The zero-order chi connectivity index (χ0) is 37.3. The molecule has 15 rings (SSSR count). The zero-order valence-electron chi connectivity index (χ0n) is 33.2. The molecule has 1 nitrogen and oxygen atoms in total. The maximum atomic E-state index is 2.61. The minimum atomic E-state index is 0.385. The van der Waals surface area contributed by atoms with Gasteiger partial charge in [0.25, 0.3) is 0 Å². The molecular weight excluding hydrogens is 687 g/mol. The Balaban J connectivity index is 0.995. The van der Waals surface area contributed by atoms with Crippen molar-refractivity contribution in [3.05, 3.63) is 151 Å². The molecule has 0 aromatic heterocycles. The van der Waals surface area contributed by atoms with Gasteiger partial charge in [0.15, 0.2) is 0 Å². The van der Waals surface area contributed by atoms with Crippen LogP contribution in [0.25, 0.3) is 44.5 Å². The van der Waals surface area contributed by atoms with Crippen molar-refractivity contribution in [3.63, 3.8) is 0 Å². The van der Waals surface area contributed by atoms with Crippen LogP contribution in [-0.4, -0.2) is 0 Å². The quantitative estimate of drug-likeness (QED) is 0.170. The highest BCUT2D eigenvalue weighted by molar-refractivity contribution is 6.07. The SMILES string of the molecule is c1ccc2c(c1)-c1ccccc1-c1cccc(N(c3ccc(C45CC6CC(CC(C6)C4)C5)cc3)c3ccc(C45CC6CC(CC(C6)C4)C5)cc3)c1-c1ccccc1-2. The number of nitrogens with zero attached hydrogens (tertiary/aromatic N) is 1. The molecule has 0 unspecified atom stereocenters. The molecule has 0 saturated heterocycles. The summed E-state index contributed by atoms with van der Waals surface area (Å²) in [6.45, 7) is 0. The molecule has 0 amide bonds. The predicted molar refractivity (Wildman–Crippen MR) is 236 cm³/mol. The lowest BCUT2D eigenvalue weighted by Crippen LogP contribution is -2.48. The molecule has 57 heavy (non-hydrogen) atoms. The normalized spacial score (nSPS) is 30.8. The molecule has 0 N–H and O–H groups in total. The molecule has 0 spiro atoms. The van der Waals surface area contributed by atoms with E-state index in [2.05, 4.69) is 144 Å². The third-order valence-corrected chi connectivity index (χ3v) is 16.8. The highest BCUT2D eigenvalue weighted by Crippen LogP contribution is 2.63. The lowest BCUT2D eigenvalue weighted by Gasteiger charge is -2.57. The van der Waals surface area contributed by atoms with Gasteiger partial charge >= 0.3 is 0 Å². The maximum absolute atomic E-state index is 2.61. The van der Waals surface area contributed by atoms with Crippen LogP contribution in [0.2, 0.25) is 0 Å². The molecule has 8 saturated carbocycles. The summed E-state index contributed by atoms with van der Waals surface area (Å²) in [5.74, 6) is 5.65. The Hall–Kier alpha value is -4.88. The van der Waals surface area contributed by atoms with Gasteiger partial charge in [-0.25, -0.2) is 0 Å². The first kappa shape index (κ1) is 33.1. The number of anilines is 3. The number of benzene rings is 6. The summed E-state index contributed by atoms with van der Waals surface area (Å²) in [7, 11) is 0. The van der Waals surface area contributed by atoms with Crippen LogP contribution in [0.15, 0.2) is 140 Å². The standard InChI is InChI=1S/C56H53N/c1-2-9-47-46(8-1)48-10-3-4-11-50(48)52-14-7-15-53(54(52)51-13-6-5-12-49(47)51)57(44-20-16-42(17-21-44)55-30-36-24-37(31-55)26-38(25-36)32-55)45-22-18-43(19-23-45)56-33-39-27-40(34-56)29-41(28-39)35-56/h1-23,36-41H,24-35H2. The van der Waals surface area contributed by atoms with Gasteiger partial charge in [0.2, 0.25) is 0 Å². The largest absolute Gasteiger partial charge is 0.310 e. The predicted octanol–water partition coefficient (Wildman–Crippen LogP) is 15.1. The van der Waals surface area contributed by atoms with E-state index in [9.17, 15) is 0 Å².